The summed E-state index contributed by atoms with van der Waals surface area (Å²) in [6, 6.07) is 11.3. The molecule has 2 aromatic rings. The number of rotatable bonds is 8. The van der Waals surface area contributed by atoms with Gasteiger partial charge in [-0.2, -0.15) is 0 Å². The van der Waals surface area contributed by atoms with E-state index in [2.05, 4.69) is 4.90 Å². The zero-order chi connectivity index (χ0) is 26.6. The van der Waals surface area contributed by atoms with E-state index in [9.17, 15) is 18.4 Å². The molecule has 6 nitrogen and oxygen atoms in total. The second kappa shape index (κ2) is 11.6. The Morgan fingerprint density at radius 2 is 1.68 bits per heavy atom. The van der Waals surface area contributed by atoms with Crippen LogP contribution >= 0.6 is 0 Å². The summed E-state index contributed by atoms with van der Waals surface area (Å²) >= 11 is 0. The minimum atomic E-state index is -1.18. The van der Waals surface area contributed by atoms with E-state index in [0.717, 1.165) is 50.1 Å². The van der Waals surface area contributed by atoms with Gasteiger partial charge >= 0.3 is 0 Å². The Bertz CT molecular complexity index is 1090. The Balaban J connectivity index is 1.33. The Labute approximate surface area is 217 Å². The molecule has 0 bridgehead atoms. The third-order valence-electron chi connectivity index (χ3n) is 7.27. The summed E-state index contributed by atoms with van der Waals surface area (Å²) < 4.78 is 34.8. The predicted molar refractivity (Wildman–Crippen MR) is 140 cm³/mol. The molecule has 200 valence electrons. The fourth-order valence-corrected chi connectivity index (χ4v) is 5.29. The molecule has 1 atom stereocenters. The molecule has 0 saturated carbocycles. The zero-order valence-electron chi connectivity index (χ0n) is 21.7. The number of carbonyl (C=O) groups is 2. The molecule has 2 aromatic carbocycles. The quantitative estimate of drug-likeness (QED) is 0.550. The van der Waals surface area contributed by atoms with Crippen molar-refractivity contribution in [2.75, 3.05) is 32.8 Å². The number of nitrogens with two attached hydrogens (primary N) is 1. The van der Waals surface area contributed by atoms with Crippen LogP contribution in [0.5, 0.6) is 5.75 Å². The number of benzene rings is 2. The maximum absolute atomic E-state index is 15.0. The van der Waals surface area contributed by atoms with E-state index in [0.29, 0.717) is 37.6 Å². The van der Waals surface area contributed by atoms with E-state index in [1.54, 1.807) is 19.9 Å². The van der Waals surface area contributed by atoms with Crippen LogP contribution in [0.25, 0.3) is 11.1 Å². The molecule has 0 aromatic heterocycles. The number of hydrogen-bond donors (Lipinski definition) is 1. The van der Waals surface area contributed by atoms with Crippen LogP contribution < -0.4 is 10.5 Å². The van der Waals surface area contributed by atoms with Crippen LogP contribution in [0, 0.1) is 11.7 Å². The molecule has 0 aliphatic carbocycles. The summed E-state index contributed by atoms with van der Waals surface area (Å²) in [5, 5.41) is 0. The number of nitrogens with zero attached hydrogens (tertiary/aromatic N) is 2. The lowest BCUT2D eigenvalue weighted by Crippen LogP contribution is -2.50. The molecule has 0 radical (unpaired) electrons. The van der Waals surface area contributed by atoms with Gasteiger partial charge in [-0.25, -0.2) is 8.78 Å². The first kappa shape index (κ1) is 27.0. The summed E-state index contributed by atoms with van der Waals surface area (Å²) in [4.78, 5) is 28.3. The van der Waals surface area contributed by atoms with Gasteiger partial charge in [-0.05, 0) is 100 Å². The molecule has 2 heterocycles. The standard InChI is InChI=1S/C29H37F2N3O3/c1-29(2,31)19-33-15-12-20(13-16-33)18-37-23-9-6-21(7-10-23)22-8-11-24(25(30)17-22)28(36)34-14-4-3-5-26(34)27(32)35/h6-11,17,20,26H,3-5,12-16,18-19H2,1-2H3,(H2,32,35). The fraction of sp³-hybridized carbons (Fsp3) is 0.517. The summed E-state index contributed by atoms with van der Waals surface area (Å²) in [7, 11) is 0. The molecule has 37 heavy (non-hydrogen) atoms. The van der Waals surface area contributed by atoms with E-state index < -0.39 is 29.3 Å². The summed E-state index contributed by atoms with van der Waals surface area (Å²) in [5.74, 6) is -0.508. The van der Waals surface area contributed by atoms with Crippen molar-refractivity contribution in [2.45, 2.75) is 57.7 Å². The van der Waals surface area contributed by atoms with Crippen molar-refractivity contribution in [3.63, 3.8) is 0 Å². The zero-order valence-corrected chi connectivity index (χ0v) is 21.7. The predicted octanol–water partition coefficient (Wildman–Crippen LogP) is 4.81. The number of likely N-dealkylation sites (tertiary alicyclic amines) is 2. The van der Waals surface area contributed by atoms with Gasteiger partial charge in [0.2, 0.25) is 5.91 Å². The Morgan fingerprint density at radius 3 is 2.30 bits per heavy atom. The molecule has 1 unspecified atom stereocenters. The second-order valence-electron chi connectivity index (χ2n) is 10.9. The lowest BCUT2D eigenvalue weighted by molar-refractivity contribution is -0.123. The first-order valence-electron chi connectivity index (χ1n) is 13.1. The molecule has 2 aliphatic heterocycles. The van der Waals surface area contributed by atoms with Crippen molar-refractivity contribution in [3.8, 4) is 16.9 Å². The summed E-state index contributed by atoms with van der Waals surface area (Å²) in [6.45, 7) is 6.46. The van der Waals surface area contributed by atoms with Gasteiger partial charge in [0.15, 0.2) is 0 Å². The monoisotopic (exact) mass is 513 g/mol. The van der Waals surface area contributed by atoms with E-state index >= 15 is 0 Å². The number of primary amides is 1. The van der Waals surface area contributed by atoms with Gasteiger partial charge in [-0.15, -0.1) is 0 Å². The molecule has 0 spiro atoms. The number of piperidine rings is 2. The van der Waals surface area contributed by atoms with Gasteiger partial charge < -0.3 is 20.3 Å². The largest absolute Gasteiger partial charge is 0.493 e. The first-order valence-corrected chi connectivity index (χ1v) is 13.1. The molecule has 4 rings (SSSR count). The SMILES string of the molecule is CC(C)(F)CN1CCC(COc2ccc(-c3ccc(C(=O)N4CCCCC4C(N)=O)c(F)c3)cc2)CC1. The van der Waals surface area contributed by atoms with Crippen LogP contribution in [0.3, 0.4) is 0 Å². The number of carbonyl (C=O) groups excluding carboxylic acids is 2. The second-order valence-corrected chi connectivity index (χ2v) is 10.9. The summed E-state index contributed by atoms with van der Waals surface area (Å²) in [5.41, 5.74) is 5.68. The Morgan fingerprint density at radius 1 is 1.00 bits per heavy atom. The van der Waals surface area contributed by atoms with Gasteiger partial charge in [0.25, 0.3) is 5.91 Å². The molecule has 2 saturated heterocycles. The number of alkyl halides is 1. The molecular weight excluding hydrogens is 476 g/mol. The number of hydrogen-bond acceptors (Lipinski definition) is 4. The minimum absolute atomic E-state index is 0.0574. The third kappa shape index (κ3) is 7.06. The molecule has 2 fully saturated rings. The van der Waals surface area contributed by atoms with E-state index in [1.165, 1.54) is 17.0 Å². The Hall–Kier alpha value is -3.00. The lowest BCUT2D eigenvalue weighted by atomic mass is 9.96. The smallest absolute Gasteiger partial charge is 0.257 e. The average molecular weight is 514 g/mol. The summed E-state index contributed by atoms with van der Waals surface area (Å²) in [6.07, 6.45) is 4.05. The van der Waals surface area contributed by atoms with Crippen molar-refractivity contribution in [3.05, 3.63) is 53.8 Å². The highest BCUT2D eigenvalue weighted by molar-refractivity contribution is 5.98. The molecule has 2 aliphatic rings. The highest BCUT2D eigenvalue weighted by Crippen LogP contribution is 2.27. The minimum Gasteiger partial charge on any atom is -0.493 e. The number of amides is 2. The molecule has 2 amide bonds. The fourth-order valence-electron chi connectivity index (χ4n) is 5.29. The maximum Gasteiger partial charge on any atom is 0.257 e. The highest BCUT2D eigenvalue weighted by atomic mass is 19.1. The van der Waals surface area contributed by atoms with Crippen molar-refractivity contribution >= 4 is 11.8 Å². The molecule has 2 N–H and O–H groups in total. The highest BCUT2D eigenvalue weighted by Gasteiger charge is 2.32. The van der Waals surface area contributed by atoms with Crippen LogP contribution in [-0.4, -0.2) is 66.1 Å². The average Bonchev–Trinajstić information content (AvgIpc) is 2.87. The third-order valence-corrected chi connectivity index (χ3v) is 7.27. The van der Waals surface area contributed by atoms with Crippen LogP contribution in [-0.2, 0) is 4.79 Å². The van der Waals surface area contributed by atoms with Crippen molar-refractivity contribution in [2.24, 2.45) is 11.7 Å². The maximum atomic E-state index is 15.0. The molecular formula is C29H37F2N3O3. The van der Waals surface area contributed by atoms with Crippen molar-refractivity contribution < 1.29 is 23.1 Å². The first-order chi connectivity index (χ1) is 17.6. The van der Waals surface area contributed by atoms with Gasteiger partial charge in [0.05, 0.1) is 12.2 Å². The van der Waals surface area contributed by atoms with Gasteiger partial charge in [-0.1, -0.05) is 18.2 Å². The number of halogens is 2. The van der Waals surface area contributed by atoms with Gasteiger partial charge in [-0.3, -0.25) is 9.59 Å². The van der Waals surface area contributed by atoms with Crippen molar-refractivity contribution in [1.29, 1.82) is 0 Å². The van der Waals surface area contributed by atoms with Crippen LogP contribution in [0.4, 0.5) is 8.78 Å². The van der Waals surface area contributed by atoms with Crippen LogP contribution in [0.15, 0.2) is 42.5 Å². The van der Waals surface area contributed by atoms with Crippen LogP contribution in [0.2, 0.25) is 0 Å². The Kier molecular flexibility index (Phi) is 8.47. The number of ether oxygens (including phenoxy) is 1. The molecule has 8 heteroatoms. The van der Waals surface area contributed by atoms with Crippen molar-refractivity contribution in [1.82, 2.24) is 9.80 Å². The normalized spacial score (nSPS) is 19.6. The van der Waals surface area contributed by atoms with E-state index in [4.69, 9.17) is 10.5 Å². The van der Waals surface area contributed by atoms with E-state index in [1.807, 2.05) is 24.3 Å². The van der Waals surface area contributed by atoms with E-state index in [-0.39, 0.29) is 5.56 Å². The van der Waals surface area contributed by atoms with Crippen LogP contribution in [0.1, 0.15) is 56.3 Å². The van der Waals surface area contributed by atoms with Gasteiger partial charge in [0, 0.05) is 13.1 Å². The van der Waals surface area contributed by atoms with Gasteiger partial charge in [0.1, 0.15) is 23.3 Å². The lowest BCUT2D eigenvalue weighted by Gasteiger charge is -2.34. The topological polar surface area (TPSA) is 75.9 Å².